The van der Waals surface area contributed by atoms with Gasteiger partial charge in [-0.25, -0.2) is 0 Å². The van der Waals surface area contributed by atoms with Crippen LogP contribution in [0.5, 0.6) is 11.5 Å². The Morgan fingerprint density at radius 3 is 2.56 bits per heavy atom. The van der Waals surface area contributed by atoms with Gasteiger partial charge in [0.25, 0.3) is 0 Å². The lowest BCUT2D eigenvalue weighted by Crippen LogP contribution is -2.26. The zero-order valence-electron chi connectivity index (χ0n) is 14.8. The van der Waals surface area contributed by atoms with Gasteiger partial charge in [0.2, 0.25) is 0 Å². The van der Waals surface area contributed by atoms with E-state index in [9.17, 15) is 0 Å². The number of ether oxygens (including phenoxy) is 2. The summed E-state index contributed by atoms with van der Waals surface area (Å²) < 4.78 is 11.3. The number of hydrogen-bond acceptors (Lipinski definition) is 4. The fraction of sp³-hybridized carbons (Fsp3) is 0.368. The standard InChI is InChI=1S/C19H24Cl2N2O2/c1-23(2)8-7-22-12-15-10-17(21)19(18(11-15)24-3)25-13-14-5-4-6-16(20)9-14/h4-6,9-11,22H,7-8,12-13H2,1-3H3. The predicted octanol–water partition coefficient (Wildman–Crippen LogP) is 4.23. The first-order valence-corrected chi connectivity index (χ1v) is 8.84. The largest absolute Gasteiger partial charge is 0.493 e. The maximum atomic E-state index is 6.41. The lowest BCUT2D eigenvalue weighted by molar-refractivity contribution is 0.284. The van der Waals surface area contributed by atoms with Crippen LogP contribution in [0.15, 0.2) is 36.4 Å². The number of methoxy groups -OCH3 is 1. The number of benzene rings is 2. The van der Waals surface area contributed by atoms with Crippen molar-refractivity contribution in [3.05, 3.63) is 57.6 Å². The van der Waals surface area contributed by atoms with Gasteiger partial charge in [-0.3, -0.25) is 0 Å². The third kappa shape index (κ3) is 6.40. The van der Waals surface area contributed by atoms with E-state index in [1.165, 1.54) is 0 Å². The number of nitrogens with one attached hydrogen (secondary N) is 1. The lowest BCUT2D eigenvalue weighted by Gasteiger charge is -2.15. The first kappa shape index (κ1) is 19.9. The van der Waals surface area contributed by atoms with E-state index in [1.807, 2.05) is 50.5 Å². The minimum absolute atomic E-state index is 0.372. The van der Waals surface area contributed by atoms with Crippen molar-refractivity contribution in [2.45, 2.75) is 13.2 Å². The highest BCUT2D eigenvalue weighted by molar-refractivity contribution is 6.32. The Morgan fingerprint density at radius 2 is 1.88 bits per heavy atom. The second kappa shape index (κ2) is 9.88. The number of likely N-dealkylation sites (N-methyl/N-ethyl adjacent to an activating group) is 1. The van der Waals surface area contributed by atoms with Crippen molar-refractivity contribution in [1.82, 2.24) is 10.2 Å². The van der Waals surface area contributed by atoms with Crippen molar-refractivity contribution in [2.24, 2.45) is 0 Å². The highest BCUT2D eigenvalue weighted by Gasteiger charge is 2.12. The molecule has 0 amide bonds. The number of nitrogens with zero attached hydrogens (tertiary/aromatic N) is 1. The molecule has 2 aromatic rings. The molecule has 4 nitrogen and oxygen atoms in total. The summed E-state index contributed by atoms with van der Waals surface area (Å²) in [6.07, 6.45) is 0. The van der Waals surface area contributed by atoms with E-state index in [4.69, 9.17) is 32.7 Å². The van der Waals surface area contributed by atoms with Gasteiger partial charge in [-0.1, -0.05) is 35.3 Å². The van der Waals surface area contributed by atoms with Crippen LogP contribution in [0.25, 0.3) is 0 Å². The van der Waals surface area contributed by atoms with Gasteiger partial charge in [-0.2, -0.15) is 0 Å². The van der Waals surface area contributed by atoms with Gasteiger partial charge in [0.05, 0.1) is 12.1 Å². The molecular formula is C19H24Cl2N2O2. The van der Waals surface area contributed by atoms with Crippen LogP contribution in [-0.2, 0) is 13.2 Å². The van der Waals surface area contributed by atoms with E-state index in [0.29, 0.717) is 28.2 Å². The summed E-state index contributed by atoms with van der Waals surface area (Å²) in [6, 6.07) is 11.4. The zero-order chi connectivity index (χ0) is 18.2. The van der Waals surface area contributed by atoms with Crippen LogP contribution in [0, 0.1) is 0 Å². The fourth-order valence-electron chi connectivity index (χ4n) is 2.33. The maximum Gasteiger partial charge on any atom is 0.180 e. The third-order valence-corrected chi connectivity index (χ3v) is 4.14. The molecule has 0 saturated carbocycles. The molecule has 0 atom stereocenters. The number of halogens is 2. The van der Waals surface area contributed by atoms with E-state index in [1.54, 1.807) is 7.11 Å². The van der Waals surface area contributed by atoms with Crippen LogP contribution in [0.1, 0.15) is 11.1 Å². The fourth-order valence-corrected chi connectivity index (χ4v) is 2.83. The first-order chi connectivity index (χ1) is 12.0. The van der Waals surface area contributed by atoms with Crippen molar-refractivity contribution in [3.63, 3.8) is 0 Å². The highest BCUT2D eigenvalue weighted by Crippen LogP contribution is 2.37. The van der Waals surface area contributed by atoms with Crippen LogP contribution >= 0.6 is 23.2 Å². The summed E-state index contributed by atoms with van der Waals surface area (Å²) >= 11 is 12.4. The molecule has 6 heteroatoms. The molecule has 0 aromatic heterocycles. The molecule has 0 heterocycles. The molecule has 0 radical (unpaired) electrons. The van der Waals surface area contributed by atoms with E-state index >= 15 is 0 Å². The van der Waals surface area contributed by atoms with Crippen LogP contribution in [0.3, 0.4) is 0 Å². The minimum atomic E-state index is 0.372. The quantitative estimate of drug-likeness (QED) is 0.657. The van der Waals surface area contributed by atoms with Gasteiger partial charge in [-0.05, 0) is 49.5 Å². The SMILES string of the molecule is COc1cc(CNCCN(C)C)cc(Cl)c1OCc1cccc(Cl)c1. The zero-order valence-corrected chi connectivity index (χ0v) is 16.3. The average Bonchev–Trinajstić information content (AvgIpc) is 2.57. The third-order valence-electron chi connectivity index (χ3n) is 3.63. The van der Waals surface area contributed by atoms with Crippen molar-refractivity contribution in [2.75, 3.05) is 34.3 Å². The second-order valence-electron chi connectivity index (χ2n) is 6.01. The molecule has 0 spiro atoms. The lowest BCUT2D eigenvalue weighted by atomic mass is 10.2. The molecule has 2 aromatic carbocycles. The van der Waals surface area contributed by atoms with Crippen molar-refractivity contribution >= 4 is 23.2 Å². The molecule has 0 aliphatic rings. The Kier molecular flexibility index (Phi) is 7.85. The van der Waals surface area contributed by atoms with Gasteiger partial charge in [0.15, 0.2) is 11.5 Å². The molecule has 0 saturated heterocycles. The maximum absolute atomic E-state index is 6.41. The second-order valence-corrected chi connectivity index (χ2v) is 6.85. The molecule has 0 aliphatic carbocycles. The van der Waals surface area contributed by atoms with Gasteiger partial charge in [-0.15, -0.1) is 0 Å². The molecule has 2 rings (SSSR count). The van der Waals surface area contributed by atoms with E-state index in [-0.39, 0.29) is 0 Å². The number of rotatable bonds is 9. The molecule has 0 fully saturated rings. The van der Waals surface area contributed by atoms with E-state index < -0.39 is 0 Å². The summed E-state index contributed by atoms with van der Waals surface area (Å²) in [7, 11) is 5.71. The number of hydrogen-bond donors (Lipinski definition) is 1. The molecule has 25 heavy (non-hydrogen) atoms. The molecule has 0 aliphatic heterocycles. The molecule has 0 unspecified atom stereocenters. The Bertz CT molecular complexity index is 693. The Balaban J connectivity index is 2.03. The molecule has 1 N–H and O–H groups in total. The summed E-state index contributed by atoms with van der Waals surface area (Å²) in [6.45, 7) is 2.97. The summed E-state index contributed by atoms with van der Waals surface area (Å²) in [4.78, 5) is 2.13. The van der Waals surface area contributed by atoms with Gasteiger partial charge in [0, 0.05) is 24.7 Å². The van der Waals surface area contributed by atoms with E-state index in [0.717, 1.165) is 30.8 Å². The van der Waals surface area contributed by atoms with Gasteiger partial charge >= 0.3 is 0 Å². The Hall–Kier alpha value is -1.46. The molecule has 0 bridgehead atoms. The van der Waals surface area contributed by atoms with Gasteiger partial charge < -0.3 is 19.7 Å². The normalized spacial score (nSPS) is 11.0. The first-order valence-electron chi connectivity index (χ1n) is 8.08. The molecular weight excluding hydrogens is 359 g/mol. The van der Waals surface area contributed by atoms with Crippen LogP contribution < -0.4 is 14.8 Å². The predicted molar refractivity (Wildman–Crippen MR) is 104 cm³/mol. The minimum Gasteiger partial charge on any atom is -0.493 e. The summed E-state index contributed by atoms with van der Waals surface area (Å²) in [5.41, 5.74) is 2.02. The van der Waals surface area contributed by atoms with Crippen LogP contribution in [0.4, 0.5) is 0 Å². The van der Waals surface area contributed by atoms with Gasteiger partial charge in [0.1, 0.15) is 6.61 Å². The smallest absolute Gasteiger partial charge is 0.180 e. The highest BCUT2D eigenvalue weighted by atomic mass is 35.5. The monoisotopic (exact) mass is 382 g/mol. The summed E-state index contributed by atoms with van der Waals surface area (Å²) in [5.74, 6) is 1.17. The van der Waals surface area contributed by atoms with Crippen molar-refractivity contribution in [1.29, 1.82) is 0 Å². The van der Waals surface area contributed by atoms with Crippen molar-refractivity contribution < 1.29 is 9.47 Å². The van der Waals surface area contributed by atoms with E-state index in [2.05, 4.69) is 10.2 Å². The summed E-state index contributed by atoms with van der Waals surface area (Å²) in [5, 5.41) is 4.60. The Morgan fingerprint density at radius 1 is 1.08 bits per heavy atom. The van der Waals surface area contributed by atoms with Crippen molar-refractivity contribution in [3.8, 4) is 11.5 Å². The van der Waals surface area contributed by atoms with Crippen LogP contribution in [-0.4, -0.2) is 39.2 Å². The average molecular weight is 383 g/mol. The topological polar surface area (TPSA) is 33.7 Å². The van der Waals surface area contributed by atoms with Crippen LogP contribution in [0.2, 0.25) is 10.0 Å². The molecule has 136 valence electrons. The Labute approximate surface area is 159 Å².